The number of Topliss-reactive ketones (excluding diaryl/α,β-unsaturated/α-hetero) is 1. The van der Waals surface area contributed by atoms with Crippen molar-refractivity contribution in [3.63, 3.8) is 0 Å². The maximum Gasteiger partial charge on any atom is 0.177 e. The lowest BCUT2D eigenvalue weighted by atomic mass is 10.0. The van der Waals surface area contributed by atoms with Gasteiger partial charge in [0.2, 0.25) is 0 Å². The van der Waals surface area contributed by atoms with Gasteiger partial charge >= 0.3 is 0 Å². The zero-order chi connectivity index (χ0) is 9.84. The number of hydrogen-bond acceptors (Lipinski definition) is 1. The SMILES string of the molecule is C#CC(C)C(=O)c1ccc(F)cc1. The van der Waals surface area contributed by atoms with Crippen LogP contribution in [0.5, 0.6) is 0 Å². The molecule has 1 aromatic rings. The monoisotopic (exact) mass is 176 g/mol. The number of halogens is 1. The molecule has 0 bridgehead atoms. The van der Waals surface area contributed by atoms with Crippen LogP contribution in [-0.4, -0.2) is 5.78 Å². The highest BCUT2D eigenvalue weighted by molar-refractivity contribution is 5.99. The molecule has 0 saturated heterocycles. The molecule has 0 N–H and O–H groups in total. The number of benzene rings is 1. The lowest BCUT2D eigenvalue weighted by Crippen LogP contribution is -2.08. The van der Waals surface area contributed by atoms with Crippen LogP contribution in [0.25, 0.3) is 0 Å². The zero-order valence-corrected chi connectivity index (χ0v) is 7.25. The van der Waals surface area contributed by atoms with Crippen molar-refractivity contribution in [2.24, 2.45) is 5.92 Å². The second-order valence-electron chi connectivity index (χ2n) is 2.76. The van der Waals surface area contributed by atoms with Crippen molar-refractivity contribution in [2.45, 2.75) is 6.92 Å². The summed E-state index contributed by atoms with van der Waals surface area (Å²) in [6.07, 6.45) is 5.10. The second-order valence-corrected chi connectivity index (χ2v) is 2.76. The number of terminal acetylenes is 1. The Morgan fingerprint density at radius 2 is 2.00 bits per heavy atom. The van der Waals surface area contributed by atoms with Crippen LogP contribution in [0.3, 0.4) is 0 Å². The molecule has 1 nitrogen and oxygen atoms in total. The van der Waals surface area contributed by atoms with Crippen LogP contribution in [0, 0.1) is 24.1 Å². The highest BCUT2D eigenvalue weighted by Crippen LogP contribution is 2.08. The first-order chi connectivity index (χ1) is 6.15. The van der Waals surface area contributed by atoms with Crippen LogP contribution in [0.1, 0.15) is 17.3 Å². The molecular weight excluding hydrogens is 167 g/mol. The molecule has 0 aliphatic heterocycles. The Labute approximate surface area is 76.6 Å². The van der Waals surface area contributed by atoms with Crippen molar-refractivity contribution in [3.05, 3.63) is 35.6 Å². The molecule has 66 valence electrons. The first kappa shape index (κ1) is 9.47. The minimum Gasteiger partial charge on any atom is -0.293 e. The van der Waals surface area contributed by atoms with Crippen molar-refractivity contribution in [2.75, 3.05) is 0 Å². The first-order valence-electron chi connectivity index (χ1n) is 3.91. The third-order valence-corrected chi connectivity index (χ3v) is 1.77. The second kappa shape index (κ2) is 3.86. The molecule has 2 heteroatoms. The van der Waals surface area contributed by atoms with Crippen molar-refractivity contribution in [3.8, 4) is 12.3 Å². The molecule has 0 aliphatic rings. The Morgan fingerprint density at radius 3 is 2.46 bits per heavy atom. The highest BCUT2D eigenvalue weighted by Gasteiger charge is 2.11. The number of carbonyl (C=O) groups excluding carboxylic acids is 1. The lowest BCUT2D eigenvalue weighted by Gasteiger charge is -2.02. The van der Waals surface area contributed by atoms with Gasteiger partial charge in [-0.2, -0.15) is 0 Å². The molecular formula is C11H9FO. The molecule has 0 radical (unpaired) electrons. The smallest absolute Gasteiger partial charge is 0.177 e. The van der Waals surface area contributed by atoms with Crippen LogP contribution < -0.4 is 0 Å². The van der Waals surface area contributed by atoms with Crippen LogP contribution in [0.2, 0.25) is 0 Å². The number of carbonyl (C=O) groups is 1. The summed E-state index contributed by atoms with van der Waals surface area (Å²) in [5, 5.41) is 0. The fourth-order valence-corrected chi connectivity index (χ4v) is 0.940. The van der Waals surface area contributed by atoms with Gasteiger partial charge in [-0.3, -0.25) is 4.79 Å². The van der Waals surface area contributed by atoms with Gasteiger partial charge in [0, 0.05) is 5.56 Å². The van der Waals surface area contributed by atoms with E-state index in [-0.39, 0.29) is 11.6 Å². The summed E-state index contributed by atoms with van der Waals surface area (Å²) >= 11 is 0. The fraction of sp³-hybridized carbons (Fsp3) is 0.182. The summed E-state index contributed by atoms with van der Waals surface area (Å²) in [5.74, 6) is 1.37. The van der Waals surface area contributed by atoms with Crippen LogP contribution in [0.15, 0.2) is 24.3 Å². The summed E-state index contributed by atoms with van der Waals surface area (Å²) in [4.78, 5) is 11.4. The van der Waals surface area contributed by atoms with Crippen LogP contribution in [0.4, 0.5) is 4.39 Å². The minimum absolute atomic E-state index is 0.150. The predicted octanol–water partition coefficient (Wildman–Crippen LogP) is 2.28. The average Bonchev–Trinajstić information content (AvgIpc) is 2.17. The Bertz CT molecular complexity index is 345. The van der Waals surface area contributed by atoms with Gasteiger partial charge in [-0.25, -0.2) is 4.39 Å². The standard InChI is InChI=1S/C11H9FO/c1-3-8(2)11(13)9-4-6-10(12)7-5-9/h1,4-8H,2H3. The Balaban J connectivity index is 2.91. The topological polar surface area (TPSA) is 17.1 Å². The van der Waals surface area contributed by atoms with E-state index in [1.165, 1.54) is 24.3 Å². The fourth-order valence-electron chi connectivity index (χ4n) is 0.940. The van der Waals surface area contributed by atoms with E-state index < -0.39 is 5.92 Å². The normalized spacial score (nSPS) is 11.8. The van der Waals surface area contributed by atoms with E-state index in [0.717, 1.165) is 0 Å². The van der Waals surface area contributed by atoms with Gasteiger partial charge in [0.15, 0.2) is 5.78 Å². The van der Waals surface area contributed by atoms with Crippen molar-refractivity contribution >= 4 is 5.78 Å². The first-order valence-corrected chi connectivity index (χ1v) is 3.91. The summed E-state index contributed by atoms with van der Waals surface area (Å²) in [7, 11) is 0. The molecule has 0 fully saturated rings. The summed E-state index contributed by atoms with van der Waals surface area (Å²) in [5.41, 5.74) is 0.451. The Morgan fingerprint density at radius 1 is 1.46 bits per heavy atom. The third-order valence-electron chi connectivity index (χ3n) is 1.77. The molecule has 1 rings (SSSR count). The van der Waals surface area contributed by atoms with Gasteiger partial charge < -0.3 is 0 Å². The van der Waals surface area contributed by atoms with Crippen molar-refractivity contribution < 1.29 is 9.18 Å². The largest absolute Gasteiger partial charge is 0.293 e. The number of hydrogen-bond donors (Lipinski definition) is 0. The third kappa shape index (κ3) is 2.16. The molecule has 0 aromatic heterocycles. The molecule has 0 spiro atoms. The van der Waals surface area contributed by atoms with E-state index in [1.807, 2.05) is 0 Å². The highest BCUT2D eigenvalue weighted by atomic mass is 19.1. The van der Waals surface area contributed by atoms with E-state index in [9.17, 15) is 9.18 Å². The van der Waals surface area contributed by atoms with Gasteiger partial charge in [0.1, 0.15) is 5.82 Å². The van der Waals surface area contributed by atoms with Crippen molar-refractivity contribution in [1.29, 1.82) is 0 Å². The van der Waals surface area contributed by atoms with E-state index >= 15 is 0 Å². The van der Waals surface area contributed by atoms with E-state index in [2.05, 4.69) is 5.92 Å². The van der Waals surface area contributed by atoms with E-state index in [4.69, 9.17) is 6.42 Å². The van der Waals surface area contributed by atoms with Gasteiger partial charge in [-0.15, -0.1) is 6.42 Å². The number of ketones is 1. The van der Waals surface area contributed by atoms with Gasteiger partial charge in [0.25, 0.3) is 0 Å². The summed E-state index contributed by atoms with van der Waals surface area (Å²) in [6.45, 7) is 1.64. The number of rotatable bonds is 2. The van der Waals surface area contributed by atoms with E-state index in [0.29, 0.717) is 5.56 Å². The van der Waals surface area contributed by atoms with Crippen molar-refractivity contribution in [1.82, 2.24) is 0 Å². The van der Waals surface area contributed by atoms with E-state index in [1.54, 1.807) is 6.92 Å². The van der Waals surface area contributed by atoms with Gasteiger partial charge in [-0.05, 0) is 31.2 Å². The molecule has 0 saturated carbocycles. The molecule has 13 heavy (non-hydrogen) atoms. The van der Waals surface area contributed by atoms with Crippen LogP contribution >= 0.6 is 0 Å². The predicted molar refractivity (Wildman–Crippen MR) is 48.7 cm³/mol. The van der Waals surface area contributed by atoms with Crippen LogP contribution in [-0.2, 0) is 0 Å². The maximum atomic E-state index is 12.5. The Hall–Kier alpha value is -1.62. The van der Waals surface area contributed by atoms with Gasteiger partial charge in [-0.1, -0.05) is 5.92 Å². The maximum absolute atomic E-state index is 12.5. The molecule has 1 unspecified atom stereocenters. The average molecular weight is 176 g/mol. The molecule has 1 aromatic carbocycles. The lowest BCUT2D eigenvalue weighted by molar-refractivity contribution is 0.0957. The summed E-state index contributed by atoms with van der Waals surface area (Å²) in [6, 6.07) is 5.37. The van der Waals surface area contributed by atoms with Gasteiger partial charge in [0.05, 0.1) is 5.92 Å². The molecule has 1 atom stereocenters. The molecule has 0 amide bonds. The molecule has 0 heterocycles. The summed E-state index contributed by atoms with van der Waals surface area (Å²) < 4.78 is 12.5. The zero-order valence-electron chi connectivity index (χ0n) is 7.25. The quantitative estimate of drug-likeness (QED) is 0.499. The Kier molecular flexibility index (Phi) is 2.81. The molecule has 0 aliphatic carbocycles. The minimum atomic E-state index is -0.453.